The predicted molar refractivity (Wildman–Crippen MR) is 116 cm³/mol. The van der Waals surface area contributed by atoms with Gasteiger partial charge in [0, 0.05) is 48.8 Å². The molecule has 0 atom stereocenters. The summed E-state index contributed by atoms with van der Waals surface area (Å²) in [5.41, 5.74) is 2.42. The fraction of sp³-hybridized carbons (Fsp3) is 0.273. The number of hydrogen-bond acceptors (Lipinski definition) is 3. The standard InChI is InChI=1S/C22H26FN5O2/c1-2-24-22(27-12-11-25-21(30)15-3-6-18(29)7-4-15)26-10-9-16-14-28-20-8-5-17(23)13-19(16)20/h3-8,13-14,28-29H,2,9-12H2,1H3,(H,25,30)(H2,24,26,27). The summed E-state index contributed by atoms with van der Waals surface area (Å²) in [5, 5.41) is 19.3. The first kappa shape index (κ1) is 21.2. The zero-order valence-corrected chi connectivity index (χ0v) is 16.8. The number of aromatic nitrogens is 1. The molecular weight excluding hydrogens is 385 g/mol. The molecule has 1 aromatic heterocycles. The number of nitrogens with one attached hydrogen (secondary N) is 4. The molecule has 0 spiro atoms. The van der Waals surface area contributed by atoms with Gasteiger partial charge in [-0.2, -0.15) is 0 Å². The lowest BCUT2D eigenvalue weighted by Gasteiger charge is -2.12. The summed E-state index contributed by atoms with van der Waals surface area (Å²) in [7, 11) is 0. The molecule has 2 aromatic carbocycles. The largest absolute Gasteiger partial charge is 0.508 e. The summed E-state index contributed by atoms with van der Waals surface area (Å²) < 4.78 is 13.5. The van der Waals surface area contributed by atoms with Gasteiger partial charge in [0.2, 0.25) is 0 Å². The number of guanidine groups is 1. The summed E-state index contributed by atoms with van der Waals surface area (Å²) in [6, 6.07) is 10.8. The van der Waals surface area contributed by atoms with Crippen molar-refractivity contribution in [1.82, 2.24) is 20.9 Å². The molecule has 1 heterocycles. The van der Waals surface area contributed by atoms with Gasteiger partial charge in [-0.3, -0.25) is 9.79 Å². The minimum Gasteiger partial charge on any atom is -0.508 e. The van der Waals surface area contributed by atoms with Crippen molar-refractivity contribution in [3.63, 3.8) is 0 Å². The first-order valence-electron chi connectivity index (χ1n) is 9.91. The van der Waals surface area contributed by atoms with E-state index in [2.05, 4.69) is 25.9 Å². The zero-order chi connectivity index (χ0) is 21.3. The van der Waals surface area contributed by atoms with Crippen LogP contribution in [0.2, 0.25) is 0 Å². The van der Waals surface area contributed by atoms with Gasteiger partial charge >= 0.3 is 0 Å². The summed E-state index contributed by atoms with van der Waals surface area (Å²) in [4.78, 5) is 19.8. The molecule has 0 aliphatic rings. The molecule has 0 aliphatic heterocycles. The molecule has 0 aliphatic carbocycles. The second-order valence-corrected chi connectivity index (χ2v) is 6.74. The van der Waals surface area contributed by atoms with Crippen molar-refractivity contribution in [3.8, 4) is 5.75 Å². The van der Waals surface area contributed by atoms with Crippen molar-refractivity contribution >= 4 is 22.8 Å². The molecule has 0 radical (unpaired) electrons. The quantitative estimate of drug-likeness (QED) is 0.223. The van der Waals surface area contributed by atoms with Gasteiger partial charge < -0.3 is 26.0 Å². The molecule has 0 saturated heterocycles. The fourth-order valence-electron chi connectivity index (χ4n) is 3.06. The van der Waals surface area contributed by atoms with Crippen LogP contribution in [0.5, 0.6) is 5.75 Å². The van der Waals surface area contributed by atoms with Crippen LogP contribution in [-0.2, 0) is 6.42 Å². The van der Waals surface area contributed by atoms with E-state index in [1.807, 2.05) is 13.1 Å². The van der Waals surface area contributed by atoms with Crippen LogP contribution in [0.3, 0.4) is 0 Å². The number of H-pyrrole nitrogens is 1. The topological polar surface area (TPSA) is 102 Å². The average molecular weight is 411 g/mol. The number of carbonyl (C=O) groups excluding carboxylic acids is 1. The van der Waals surface area contributed by atoms with E-state index in [4.69, 9.17) is 0 Å². The van der Waals surface area contributed by atoms with Crippen LogP contribution < -0.4 is 16.0 Å². The number of phenolic OH excluding ortho intramolecular Hbond substituents is 1. The van der Waals surface area contributed by atoms with E-state index in [9.17, 15) is 14.3 Å². The molecule has 5 N–H and O–H groups in total. The maximum absolute atomic E-state index is 13.5. The van der Waals surface area contributed by atoms with E-state index in [1.54, 1.807) is 18.2 Å². The summed E-state index contributed by atoms with van der Waals surface area (Å²) >= 11 is 0. The van der Waals surface area contributed by atoms with Crippen molar-refractivity contribution in [3.05, 3.63) is 65.6 Å². The van der Waals surface area contributed by atoms with Crippen LogP contribution in [0.15, 0.2) is 53.7 Å². The Morgan fingerprint density at radius 2 is 1.87 bits per heavy atom. The number of hydrogen-bond donors (Lipinski definition) is 5. The Kier molecular flexibility index (Phi) is 7.26. The molecule has 158 valence electrons. The van der Waals surface area contributed by atoms with Gasteiger partial charge in [0.25, 0.3) is 5.91 Å². The highest BCUT2D eigenvalue weighted by Crippen LogP contribution is 2.19. The molecule has 0 saturated carbocycles. The Morgan fingerprint density at radius 1 is 1.10 bits per heavy atom. The number of aromatic hydroxyl groups is 1. The molecule has 30 heavy (non-hydrogen) atoms. The number of phenols is 1. The van der Waals surface area contributed by atoms with Gasteiger partial charge in [-0.1, -0.05) is 0 Å². The SMILES string of the molecule is CCNC(=NCCc1c[nH]c2ccc(F)cc12)NCCNC(=O)c1ccc(O)cc1. The zero-order valence-electron chi connectivity index (χ0n) is 16.8. The van der Waals surface area contributed by atoms with Crippen LogP contribution in [0.1, 0.15) is 22.8 Å². The Morgan fingerprint density at radius 3 is 2.63 bits per heavy atom. The minimum absolute atomic E-state index is 0.123. The second kappa shape index (κ2) is 10.3. The normalized spacial score (nSPS) is 11.5. The third kappa shape index (κ3) is 5.73. The number of aliphatic imine (C=N–C) groups is 1. The van der Waals surface area contributed by atoms with Gasteiger partial charge in [0.1, 0.15) is 11.6 Å². The third-order valence-corrected chi connectivity index (χ3v) is 4.56. The summed E-state index contributed by atoms with van der Waals surface area (Å²) in [5.74, 6) is 0.321. The number of fused-ring (bicyclic) bond motifs is 1. The van der Waals surface area contributed by atoms with Crippen LogP contribution in [0.4, 0.5) is 4.39 Å². The van der Waals surface area contributed by atoms with E-state index < -0.39 is 0 Å². The van der Waals surface area contributed by atoms with Crippen molar-refractivity contribution in [1.29, 1.82) is 0 Å². The predicted octanol–water partition coefficient (Wildman–Crippen LogP) is 2.54. The van der Waals surface area contributed by atoms with Gasteiger partial charge in [-0.05, 0) is 61.4 Å². The van der Waals surface area contributed by atoms with Crippen LogP contribution in [0, 0.1) is 5.82 Å². The highest BCUT2D eigenvalue weighted by molar-refractivity contribution is 5.94. The minimum atomic E-state index is -0.254. The van der Waals surface area contributed by atoms with Gasteiger partial charge in [0.15, 0.2) is 5.96 Å². The number of halogens is 1. The summed E-state index contributed by atoms with van der Waals surface area (Å²) in [6.45, 7) is 4.16. The Hall–Kier alpha value is -3.55. The summed E-state index contributed by atoms with van der Waals surface area (Å²) in [6.07, 6.45) is 2.57. The Balaban J connectivity index is 1.47. The van der Waals surface area contributed by atoms with Crippen LogP contribution in [0.25, 0.3) is 10.9 Å². The number of aromatic amines is 1. The van der Waals surface area contributed by atoms with Crippen molar-refractivity contribution < 1.29 is 14.3 Å². The first-order valence-corrected chi connectivity index (χ1v) is 9.91. The Bertz CT molecular complexity index is 1010. The van der Waals surface area contributed by atoms with Crippen molar-refractivity contribution in [2.24, 2.45) is 4.99 Å². The van der Waals surface area contributed by atoms with Crippen molar-refractivity contribution in [2.45, 2.75) is 13.3 Å². The molecule has 0 bridgehead atoms. The van der Waals surface area contributed by atoms with Crippen molar-refractivity contribution in [2.75, 3.05) is 26.2 Å². The molecule has 3 rings (SSSR count). The monoisotopic (exact) mass is 411 g/mol. The third-order valence-electron chi connectivity index (χ3n) is 4.56. The lowest BCUT2D eigenvalue weighted by atomic mass is 10.1. The van der Waals surface area contributed by atoms with E-state index in [-0.39, 0.29) is 17.5 Å². The van der Waals surface area contributed by atoms with Gasteiger partial charge in [-0.15, -0.1) is 0 Å². The molecule has 1 amide bonds. The van der Waals surface area contributed by atoms with E-state index in [0.29, 0.717) is 44.1 Å². The highest BCUT2D eigenvalue weighted by Gasteiger charge is 2.06. The van der Waals surface area contributed by atoms with Crippen LogP contribution >= 0.6 is 0 Å². The lowest BCUT2D eigenvalue weighted by Crippen LogP contribution is -2.41. The Labute approximate surface area is 174 Å². The molecule has 7 nitrogen and oxygen atoms in total. The molecular formula is C22H26FN5O2. The average Bonchev–Trinajstić information content (AvgIpc) is 3.13. The van der Waals surface area contributed by atoms with E-state index >= 15 is 0 Å². The molecule has 3 aromatic rings. The van der Waals surface area contributed by atoms with Crippen LogP contribution in [-0.4, -0.2) is 48.1 Å². The maximum atomic E-state index is 13.5. The lowest BCUT2D eigenvalue weighted by molar-refractivity contribution is 0.0954. The van der Waals surface area contributed by atoms with Gasteiger partial charge in [0.05, 0.1) is 0 Å². The number of benzene rings is 2. The fourth-order valence-corrected chi connectivity index (χ4v) is 3.06. The van der Waals surface area contributed by atoms with E-state index in [1.165, 1.54) is 24.3 Å². The van der Waals surface area contributed by atoms with Gasteiger partial charge in [-0.25, -0.2) is 4.39 Å². The number of carbonyl (C=O) groups is 1. The van der Waals surface area contributed by atoms with E-state index in [0.717, 1.165) is 16.5 Å². The molecule has 0 fully saturated rings. The second-order valence-electron chi connectivity index (χ2n) is 6.74. The number of nitrogens with zero attached hydrogens (tertiary/aromatic N) is 1. The molecule has 8 heteroatoms. The first-order chi connectivity index (χ1) is 14.6. The molecule has 0 unspecified atom stereocenters. The maximum Gasteiger partial charge on any atom is 0.251 e. The highest BCUT2D eigenvalue weighted by atomic mass is 19.1. The number of amides is 1. The number of rotatable bonds is 8. The smallest absolute Gasteiger partial charge is 0.251 e.